The molecule has 1 aliphatic rings. The number of benzene rings is 4. The van der Waals surface area contributed by atoms with Crippen LogP contribution >= 0.6 is 0 Å². The normalized spacial score (nSPS) is 13.2. The molecule has 4 aromatic rings. The molecule has 5 rings (SSSR count). The van der Waals surface area contributed by atoms with Crippen LogP contribution in [0, 0.1) is 0 Å². The maximum atomic E-state index is 7.38. The van der Waals surface area contributed by atoms with Gasteiger partial charge in [0.1, 0.15) is 11.5 Å². The minimum absolute atomic E-state index is 0.363. The maximum Gasteiger partial charge on any atom is 0.205 e. The van der Waals surface area contributed by atoms with E-state index in [0.29, 0.717) is 147 Å². The van der Waals surface area contributed by atoms with Crippen LogP contribution in [0.15, 0.2) is 74.2 Å². The van der Waals surface area contributed by atoms with Gasteiger partial charge in [-0.05, 0) is 86.5 Å². The summed E-state index contributed by atoms with van der Waals surface area (Å²) in [5.74, 6) is 3.88. The molecule has 4 aromatic carbocycles. The second-order valence-electron chi connectivity index (χ2n) is 17.2. The molecule has 0 amide bonds. The molecular weight excluding hydrogens is 869 g/mol. The van der Waals surface area contributed by atoms with E-state index in [4.69, 9.17) is 47.4 Å². The van der Waals surface area contributed by atoms with Gasteiger partial charge in [-0.25, -0.2) is 0 Å². The Balaban J connectivity index is 2.36. The summed E-state index contributed by atoms with van der Waals surface area (Å²) in [6.07, 6.45) is 9.08. The van der Waals surface area contributed by atoms with Gasteiger partial charge in [-0.15, -0.1) is 0 Å². The summed E-state index contributed by atoms with van der Waals surface area (Å²) in [5, 5.41) is 0. The topological polar surface area (TPSA) is 92.3 Å². The van der Waals surface area contributed by atoms with Crippen LogP contribution in [0.4, 0.5) is 0 Å². The van der Waals surface area contributed by atoms with Crippen molar-refractivity contribution in [1.82, 2.24) is 0 Å². The molecule has 69 heavy (non-hydrogen) atoms. The summed E-state index contributed by atoms with van der Waals surface area (Å²) in [5.41, 5.74) is 5.53. The van der Waals surface area contributed by atoms with E-state index in [1.807, 2.05) is 0 Å². The van der Waals surface area contributed by atoms with Gasteiger partial charge in [0, 0.05) is 13.2 Å². The van der Waals surface area contributed by atoms with Crippen LogP contribution in [0.1, 0.15) is 179 Å². The van der Waals surface area contributed by atoms with Gasteiger partial charge in [-0.1, -0.05) is 131 Å². The van der Waals surface area contributed by atoms with Gasteiger partial charge in [0.15, 0.2) is 23.0 Å². The minimum Gasteiger partial charge on any atom is -0.493 e. The van der Waals surface area contributed by atoms with E-state index in [9.17, 15) is 0 Å². The highest BCUT2D eigenvalue weighted by molar-refractivity contribution is 5.92. The standard InChI is InChI=1S/C59H82O10/c1-13-33-62-45(21-9)47-51(64-35-15-3)49(55(66-37-17-5)57(68-39-19-7)53(47)60-23-11)59(43-31-27-25-29-41(43)42-30-26-28-32-44(42)59)50-52(65-36-16-4)48(46(22-10)63-34-14-2)54(61-24-12)58(69-40-20-8)56(50)67-38-18-6/h23-32,45-46H,11-22,33-40H2,1-10H3. The first kappa shape index (κ1) is 54.6. The van der Waals surface area contributed by atoms with Gasteiger partial charge >= 0.3 is 0 Å². The number of rotatable bonds is 34. The smallest absolute Gasteiger partial charge is 0.205 e. The minimum atomic E-state index is -1.34. The first-order chi connectivity index (χ1) is 33.8. The average molecular weight is 951 g/mol. The number of hydrogen-bond donors (Lipinski definition) is 0. The fourth-order valence-electron chi connectivity index (χ4n) is 9.32. The molecule has 0 saturated heterocycles. The highest BCUT2D eigenvalue weighted by atomic mass is 16.6. The Labute approximate surface area is 414 Å². The highest BCUT2D eigenvalue weighted by Crippen LogP contribution is 2.69. The fourth-order valence-corrected chi connectivity index (χ4v) is 9.32. The van der Waals surface area contributed by atoms with E-state index in [0.717, 1.165) is 60.8 Å². The van der Waals surface area contributed by atoms with Crippen LogP contribution in [0.5, 0.6) is 46.0 Å². The third-order valence-electron chi connectivity index (χ3n) is 12.0. The molecule has 0 bridgehead atoms. The Morgan fingerprint density at radius 3 is 1.00 bits per heavy atom. The largest absolute Gasteiger partial charge is 0.493 e. The summed E-state index contributed by atoms with van der Waals surface area (Å²) in [6.45, 7) is 32.6. The lowest BCUT2D eigenvalue weighted by Crippen LogP contribution is -2.33. The predicted molar refractivity (Wildman–Crippen MR) is 279 cm³/mol. The van der Waals surface area contributed by atoms with Gasteiger partial charge in [-0.2, -0.15) is 0 Å². The summed E-state index contributed by atoms with van der Waals surface area (Å²) in [6, 6.07) is 17.2. The van der Waals surface area contributed by atoms with Gasteiger partial charge in [0.25, 0.3) is 0 Å². The van der Waals surface area contributed by atoms with Crippen LogP contribution in [0.3, 0.4) is 0 Å². The molecule has 0 fully saturated rings. The number of hydrogen-bond acceptors (Lipinski definition) is 10. The van der Waals surface area contributed by atoms with E-state index < -0.39 is 17.6 Å². The Hall–Kier alpha value is -5.32. The molecule has 0 heterocycles. The lowest BCUT2D eigenvalue weighted by molar-refractivity contribution is 0.0461. The van der Waals surface area contributed by atoms with Gasteiger partial charge in [0.05, 0.1) is 92.0 Å². The van der Waals surface area contributed by atoms with Crippen molar-refractivity contribution in [1.29, 1.82) is 0 Å². The first-order valence-corrected chi connectivity index (χ1v) is 26.1. The van der Waals surface area contributed by atoms with Crippen molar-refractivity contribution < 1.29 is 47.4 Å². The van der Waals surface area contributed by atoms with Crippen molar-refractivity contribution in [2.45, 2.75) is 151 Å². The van der Waals surface area contributed by atoms with Gasteiger partial charge in [-0.3, -0.25) is 0 Å². The monoisotopic (exact) mass is 951 g/mol. The van der Waals surface area contributed by atoms with Gasteiger partial charge < -0.3 is 47.4 Å². The average Bonchev–Trinajstić information content (AvgIpc) is 3.66. The molecular formula is C59H82O10. The first-order valence-electron chi connectivity index (χ1n) is 26.1. The zero-order valence-electron chi connectivity index (χ0n) is 43.7. The molecule has 2 atom stereocenters. The van der Waals surface area contributed by atoms with E-state index in [2.05, 4.69) is 131 Å². The molecule has 2 unspecified atom stereocenters. The Morgan fingerprint density at radius 2 is 0.696 bits per heavy atom. The quantitative estimate of drug-likeness (QED) is 0.0371. The molecule has 0 radical (unpaired) electrons. The molecule has 378 valence electrons. The van der Waals surface area contributed by atoms with Crippen LogP contribution in [0.25, 0.3) is 11.1 Å². The third kappa shape index (κ3) is 11.3. The Morgan fingerprint density at radius 1 is 0.391 bits per heavy atom. The van der Waals surface area contributed by atoms with Crippen molar-refractivity contribution in [3.8, 4) is 57.1 Å². The van der Waals surface area contributed by atoms with Crippen LogP contribution in [0.2, 0.25) is 0 Å². The zero-order valence-corrected chi connectivity index (χ0v) is 43.7. The third-order valence-corrected chi connectivity index (χ3v) is 12.0. The Bertz CT molecular complexity index is 2090. The molecule has 10 heteroatoms. The second kappa shape index (κ2) is 27.8. The van der Waals surface area contributed by atoms with Crippen LogP contribution in [-0.2, 0) is 14.9 Å². The SMILES string of the molecule is C=COc1c(OCCC)c(OCCC)c(C2(c3c(OCCC)c(OCCC)c(OC=C)c(C(CC)OCCC)c3OCCC)c3ccccc3-c3ccccc32)c(OCCC)c1C(CC)OCCC. The lowest BCUT2D eigenvalue weighted by Gasteiger charge is -2.41. The molecule has 0 N–H and O–H groups in total. The number of ether oxygens (including phenoxy) is 10. The van der Waals surface area contributed by atoms with Crippen LogP contribution < -0.4 is 37.9 Å². The maximum absolute atomic E-state index is 7.38. The molecule has 0 aromatic heterocycles. The molecule has 1 aliphatic carbocycles. The molecule has 0 saturated carbocycles. The molecule has 10 nitrogen and oxygen atoms in total. The van der Waals surface area contributed by atoms with E-state index in [1.54, 1.807) is 0 Å². The number of fused-ring (bicyclic) bond motifs is 3. The van der Waals surface area contributed by atoms with Crippen LogP contribution in [-0.4, -0.2) is 52.9 Å². The zero-order chi connectivity index (χ0) is 49.8. The van der Waals surface area contributed by atoms with Crippen molar-refractivity contribution in [3.05, 3.63) is 108 Å². The lowest BCUT2D eigenvalue weighted by atomic mass is 9.65. The van der Waals surface area contributed by atoms with E-state index in [1.165, 1.54) is 12.5 Å². The van der Waals surface area contributed by atoms with E-state index in [-0.39, 0.29) is 0 Å². The van der Waals surface area contributed by atoms with Crippen molar-refractivity contribution in [3.63, 3.8) is 0 Å². The predicted octanol–water partition coefficient (Wildman–Crippen LogP) is 15.6. The summed E-state index contributed by atoms with van der Waals surface area (Å²) in [4.78, 5) is 0. The molecule has 0 spiro atoms. The van der Waals surface area contributed by atoms with Crippen molar-refractivity contribution in [2.75, 3.05) is 52.9 Å². The fraction of sp³-hybridized carbons (Fsp3) is 0.525. The molecule has 0 aliphatic heterocycles. The van der Waals surface area contributed by atoms with Gasteiger partial charge in [0.2, 0.25) is 11.5 Å². The van der Waals surface area contributed by atoms with Crippen molar-refractivity contribution >= 4 is 0 Å². The van der Waals surface area contributed by atoms with E-state index >= 15 is 0 Å². The second-order valence-corrected chi connectivity index (χ2v) is 17.2. The summed E-state index contributed by atoms with van der Waals surface area (Å²) < 4.78 is 70.3. The summed E-state index contributed by atoms with van der Waals surface area (Å²) >= 11 is 0. The Kier molecular flexibility index (Phi) is 22.0. The summed E-state index contributed by atoms with van der Waals surface area (Å²) in [7, 11) is 0. The van der Waals surface area contributed by atoms with Crippen molar-refractivity contribution in [2.24, 2.45) is 0 Å². The highest BCUT2D eigenvalue weighted by Gasteiger charge is 2.56.